The van der Waals surface area contributed by atoms with Crippen molar-refractivity contribution in [2.75, 3.05) is 0 Å². The quantitative estimate of drug-likeness (QED) is 0.449. The molecule has 0 amide bonds. The average molecular weight is 263 g/mol. The molecule has 0 aliphatic rings. The molecule has 0 heterocycles. The highest BCUT2D eigenvalue weighted by Crippen LogP contribution is 1.93. The predicted octanol–water partition coefficient (Wildman–Crippen LogP) is 7.96. The fraction of sp³-hybridized carbons (Fsp3) is 1.00. The van der Waals surface area contributed by atoms with Gasteiger partial charge >= 0.3 is 0 Å². The van der Waals surface area contributed by atoms with Crippen LogP contribution in [0.1, 0.15) is 109 Å². The average Bonchev–Trinajstić information content (AvgIpc) is 2.20. The van der Waals surface area contributed by atoms with Crippen molar-refractivity contribution in [3.05, 3.63) is 0 Å². The maximum atomic E-state index is 2.22. The van der Waals surface area contributed by atoms with Gasteiger partial charge in [-0.2, -0.15) is 0 Å². The highest BCUT2D eigenvalue weighted by atomic mass is 13.9. The van der Waals surface area contributed by atoms with Gasteiger partial charge in [0.2, 0.25) is 0 Å². The lowest BCUT2D eigenvalue weighted by atomic mass is 10.2. The fourth-order valence-electron chi connectivity index (χ4n) is 0. The van der Waals surface area contributed by atoms with Gasteiger partial charge in [-0.25, -0.2) is 0 Å². The maximum Gasteiger partial charge on any atom is -0.0474 e. The van der Waals surface area contributed by atoms with Gasteiger partial charge in [0.1, 0.15) is 0 Å². The van der Waals surface area contributed by atoms with Gasteiger partial charge in [0.05, 0.1) is 0 Å². The molecule has 0 unspecified atom stereocenters. The van der Waals surface area contributed by atoms with Crippen molar-refractivity contribution in [3.8, 4) is 0 Å². The third kappa shape index (κ3) is 900. The molecule has 0 radical (unpaired) electrons. The van der Waals surface area contributed by atoms with Crippen molar-refractivity contribution in [2.45, 2.75) is 109 Å². The van der Waals surface area contributed by atoms with Crippen LogP contribution < -0.4 is 0 Å². The topological polar surface area (TPSA) is 0 Å². The standard InChI is InChI=1S/C5H12.C4H10.3C3H8/c1-4-5(2)3;1-4(2)3;3*1-3-2/h5H,4H2,1-3H3;4H,1-3H3;3*3H2,1-2H3. The minimum atomic E-state index is 0.833. The third-order valence-electron chi connectivity index (χ3n) is 0.816. The molecule has 0 saturated heterocycles. The molecule has 0 bridgehead atoms. The highest BCUT2D eigenvalue weighted by molar-refractivity contribution is 4.32. The van der Waals surface area contributed by atoms with Crippen LogP contribution in [0.15, 0.2) is 0 Å². The molecule has 0 nitrogen and oxygen atoms in total. The Morgan fingerprint density at radius 1 is 0.500 bits per heavy atom. The van der Waals surface area contributed by atoms with Crippen molar-refractivity contribution in [1.29, 1.82) is 0 Å². The minimum Gasteiger partial charge on any atom is -0.0656 e. The molecule has 0 rings (SSSR count). The van der Waals surface area contributed by atoms with Crippen molar-refractivity contribution < 1.29 is 0 Å². The van der Waals surface area contributed by atoms with Gasteiger partial charge in [-0.15, -0.1) is 0 Å². The van der Waals surface area contributed by atoms with Gasteiger partial charge in [0.15, 0.2) is 0 Å². The van der Waals surface area contributed by atoms with Crippen LogP contribution >= 0.6 is 0 Å². The Morgan fingerprint density at radius 3 is 0.556 bits per heavy atom. The molecule has 0 aliphatic carbocycles. The molecular weight excluding hydrogens is 216 g/mol. The van der Waals surface area contributed by atoms with Crippen LogP contribution in [-0.2, 0) is 0 Å². The molecule has 0 aliphatic heterocycles. The molecule has 0 atom stereocenters. The van der Waals surface area contributed by atoms with E-state index in [9.17, 15) is 0 Å². The van der Waals surface area contributed by atoms with Crippen molar-refractivity contribution >= 4 is 0 Å². The summed E-state index contributed by atoms with van der Waals surface area (Å²) in [6.45, 7) is 25.9. The van der Waals surface area contributed by atoms with Gasteiger partial charge in [-0.05, 0) is 11.8 Å². The summed E-state index contributed by atoms with van der Waals surface area (Å²) in [7, 11) is 0. The van der Waals surface area contributed by atoms with Crippen molar-refractivity contribution in [1.82, 2.24) is 0 Å². The molecule has 0 heteroatoms. The molecule has 18 heavy (non-hydrogen) atoms. The summed E-state index contributed by atoms with van der Waals surface area (Å²) in [5, 5.41) is 0. The van der Waals surface area contributed by atoms with Crippen molar-refractivity contribution in [3.63, 3.8) is 0 Å². The van der Waals surface area contributed by atoms with Gasteiger partial charge in [0.25, 0.3) is 0 Å². The van der Waals surface area contributed by atoms with E-state index in [1.54, 1.807) is 0 Å². The monoisotopic (exact) mass is 262 g/mol. The molecule has 0 aromatic rings. The SMILES string of the molecule is CC(C)C.CCC.CCC.CCC.CCC(C)C. The van der Waals surface area contributed by atoms with Crippen LogP contribution in [0, 0.1) is 11.8 Å². The molecule has 0 aromatic heterocycles. The van der Waals surface area contributed by atoms with E-state index in [-0.39, 0.29) is 0 Å². The molecule has 118 valence electrons. The highest BCUT2D eigenvalue weighted by Gasteiger charge is 1.80. The maximum absolute atomic E-state index is 2.22. The molecule has 0 N–H and O–H groups in total. The molecule has 0 spiro atoms. The van der Waals surface area contributed by atoms with E-state index < -0.39 is 0 Å². The summed E-state index contributed by atoms with van der Waals surface area (Å²) in [5.41, 5.74) is 0. The lowest BCUT2D eigenvalue weighted by Gasteiger charge is -1.90. The molecule has 0 saturated carbocycles. The summed E-state index contributed by atoms with van der Waals surface area (Å²) < 4.78 is 0. The summed E-state index contributed by atoms with van der Waals surface area (Å²) in [4.78, 5) is 0. The zero-order valence-electron chi connectivity index (χ0n) is 16.0. The lowest BCUT2D eigenvalue weighted by Crippen LogP contribution is -1.77. The van der Waals surface area contributed by atoms with Crippen LogP contribution in [0.2, 0.25) is 0 Å². The van der Waals surface area contributed by atoms with E-state index >= 15 is 0 Å². The second kappa shape index (κ2) is 43.5. The van der Waals surface area contributed by atoms with Crippen LogP contribution in [0.4, 0.5) is 0 Å². The lowest BCUT2D eigenvalue weighted by molar-refractivity contribution is 0.626. The summed E-state index contributed by atoms with van der Waals surface area (Å²) >= 11 is 0. The smallest absolute Gasteiger partial charge is 0.0474 e. The Balaban J connectivity index is -0.0000000400. The van der Waals surface area contributed by atoms with Gasteiger partial charge in [-0.3, -0.25) is 0 Å². The van der Waals surface area contributed by atoms with Crippen molar-refractivity contribution in [2.24, 2.45) is 11.8 Å². The number of hydrogen-bond acceptors (Lipinski definition) is 0. The van der Waals surface area contributed by atoms with Gasteiger partial charge in [-0.1, -0.05) is 109 Å². The Bertz CT molecular complexity index is 54.9. The fourth-order valence-corrected chi connectivity index (χ4v) is 0. The first-order valence-electron chi connectivity index (χ1n) is 8.24. The minimum absolute atomic E-state index is 0.833. The van der Waals surface area contributed by atoms with E-state index in [0.29, 0.717) is 0 Å². The second-order valence-corrected chi connectivity index (χ2v) is 5.66. The normalized spacial score (nSPS) is 7.67. The van der Waals surface area contributed by atoms with E-state index in [4.69, 9.17) is 0 Å². The number of rotatable bonds is 1. The zero-order valence-corrected chi connectivity index (χ0v) is 16.0. The first-order chi connectivity index (χ1) is 8.24. The summed E-state index contributed by atoms with van der Waals surface area (Å²) in [6, 6.07) is 0. The van der Waals surface area contributed by atoms with Crippen LogP contribution in [0.25, 0.3) is 0 Å². The van der Waals surface area contributed by atoms with Crippen LogP contribution in [-0.4, -0.2) is 0 Å². The predicted molar refractivity (Wildman–Crippen MR) is 93.5 cm³/mol. The first-order valence-corrected chi connectivity index (χ1v) is 8.24. The third-order valence-corrected chi connectivity index (χ3v) is 0.816. The first kappa shape index (κ1) is 30.8. The largest absolute Gasteiger partial charge is 0.0656 e. The van der Waals surface area contributed by atoms with E-state index in [1.165, 1.54) is 25.7 Å². The molecule has 0 aromatic carbocycles. The van der Waals surface area contributed by atoms with Gasteiger partial charge < -0.3 is 0 Å². The van der Waals surface area contributed by atoms with Crippen LogP contribution in [0.5, 0.6) is 0 Å². The van der Waals surface area contributed by atoms with Gasteiger partial charge in [0, 0.05) is 0 Å². The number of hydrogen-bond donors (Lipinski definition) is 0. The Labute approximate surface area is 121 Å². The second-order valence-electron chi connectivity index (χ2n) is 5.66. The molecule has 0 fully saturated rings. The van der Waals surface area contributed by atoms with Crippen LogP contribution in [0.3, 0.4) is 0 Å². The summed E-state index contributed by atoms with van der Waals surface area (Å²) in [6.07, 6.45) is 5.06. The van der Waals surface area contributed by atoms with E-state index in [1.807, 2.05) is 0 Å². The Morgan fingerprint density at radius 2 is 0.556 bits per heavy atom. The zero-order chi connectivity index (χ0) is 16.0. The van der Waals surface area contributed by atoms with E-state index in [0.717, 1.165) is 11.8 Å². The Kier molecular flexibility index (Phi) is 74.4. The van der Waals surface area contributed by atoms with E-state index in [2.05, 4.69) is 83.1 Å². The summed E-state index contributed by atoms with van der Waals surface area (Å²) in [5.74, 6) is 1.72. The molecular formula is C18H46. The Hall–Kier alpha value is 0.